The van der Waals surface area contributed by atoms with Gasteiger partial charge >= 0.3 is 17.9 Å². The Bertz CT molecular complexity index is 2110. The number of benzene rings is 1. The number of carboxylic acids is 3. The predicted molar refractivity (Wildman–Crippen MR) is 264 cm³/mol. The molecule has 23 nitrogen and oxygen atoms in total. The summed E-state index contributed by atoms with van der Waals surface area (Å²) in [5.74, 6) is -11.0. The van der Waals surface area contributed by atoms with Gasteiger partial charge in [0.15, 0.2) is 5.96 Å². The van der Waals surface area contributed by atoms with E-state index in [2.05, 4.69) is 38.2 Å². The number of nitrogens with two attached hydrogens (primary N) is 3. The molecule has 14 N–H and O–H groups in total. The second-order valence-corrected chi connectivity index (χ2v) is 17.7. The van der Waals surface area contributed by atoms with E-state index in [-0.39, 0.29) is 56.1 Å². The number of nitrogens with zero attached hydrogens (tertiary/aromatic N) is 2. The number of amides is 6. The normalized spacial score (nSPS) is 15.3. The zero-order valence-electron chi connectivity index (χ0n) is 41.8. The maximum atomic E-state index is 13.3. The molecule has 71 heavy (non-hydrogen) atoms. The number of hydrogen-bond donors (Lipinski definition) is 11. The predicted octanol–water partition coefficient (Wildman–Crippen LogP) is 0.286. The van der Waals surface area contributed by atoms with Crippen LogP contribution in [0.1, 0.15) is 85.6 Å². The molecule has 0 bridgehead atoms. The van der Waals surface area contributed by atoms with Crippen molar-refractivity contribution in [3.63, 3.8) is 0 Å². The fraction of sp³-hybridized carbons (Fsp3) is 0.542. The number of methoxy groups -OCH3 is 1. The van der Waals surface area contributed by atoms with Crippen LogP contribution in [0.4, 0.5) is 0 Å². The molecule has 1 rings (SSSR count). The van der Waals surface area contributed by atoms with Crippen molar-refractivity contribution in [3.8, 4) is 0 Å². The molecule has 0 spiro atoms. The number of nitrogens with one attached hydrogen (secondary N) is 5. The molecule has 6 amide bonds. The summed E-state index contributed by atoms with van der Waals surface area (Å²) < 4.78 is 5.73. The number of likely N-dealkylation sites (N-methyl/N-ethyl adjacent to an activating group) is 1. The van der Waals surface area contributed by atoms with Crippen molar-refractivity contribution in [1.29, 1.82) is 0 Å². The monoisotopic (exact) mass is 999 g/mol. The Kier molecular flexibility index (Phi) is 27.2. The van der Waals surface area contributed by atoms with Crippen LogP contribution in [0.25, 0.3) is 0 Å². The first-order chi connectivity index (χ1) is 33.2. The largest absolute Gasteiger partial charge is 0.480 e. The van der Waals surface area contributed by atoms with E-state index >= 15 is 0 Å². The fourth-order valence-electron chi connectivity index (χ4n) is 6.83. The van der Waals surface area contributed by atoms with E-state index in [0.29, 0.717) is 6.42 Å². The van der Waals surface area contributed by atoms with E-state index in [1.807, 2.05) is 50.3 Å². The Balaban J connectivity index is 2.85. The van der Waals surface area contributed by atoms with Crippen LogP contribution >= 0.6 is 0 Å². The SMILES string of the molecule is C=C(C(=O)N[C@H](C)C(=O)N[C@@H](CC(C)C)C(=O)N[C@H](CC(=O)N[C@@H](CCCN=C(N)N)C(=O)O)C(=O)O)N(C)C(=O)CC[C@@H](NC(=O)[C@@H](C)[C@@H](N)/C=C/C(C)=C/[C@H](C)[C@H](Cc1ccccc1)OC)C(=O)O. The average Bonchev–Trinajstić information content (AvgIpc) is 3.30. The van der Waals surface area contributed by atoms with Gasteiger partial charge in [-0.2, -0.15) is 0 Å². The highest BCUT2D eigenvalue weighted by molar-refractivity contribution is 6.00. The molecule has 0 aliphatic carbocycles. The smallest absolute Gasteiger partial charge is 0.326 e. The molecule has 0 saturated heterocycles. The number of allylic oxidation sites excluding steroid dienone is 2. The highest BCUT2D eigenvalue weighted by Crippen LogP contribution is 2.18. The first kappa shape index (κ1) is 61.9. The van der Waals surface area contributed by atoms with Gasteiger partial charge in [0, 0.05) is 39.1 Å². The van der Waals surface area contributed by atoms with Gasteiger partial charge in [0.25, 0.3) is 5.91 Å². The van der Waals surface area contributed by atoms with E-state index in [9.17, 15) is 58.5 Å². The van der Waals surface area contributed by atoms with Gasteiger partial charge in [-0.25, -0.2) is 14.4 Å². The standard InChI is InChI=1S/C48H74N10O13/c1-26(2)22-36(44(64)57-37(47(69)70)25-39(59)54-34(45(65)66)16-13-21-52-48(50)51)56-42(62)30(6)53-43(63)31(7)58(8)40(60)20-19-35(46(67)68)55-41(61)29(5)33(49)18-17-27(3)23-28(4)38(71-9)24-32-14-11-10-12-15-32/h10-12,14-15,17-18,23,26,28-30,33-38H,7,13,16,19-22,24-25,49H2,1-6,8-9H3,(H,53,63)(H,54,59)(H,55,61)(H,56,62)(H,57,64)(H,65,66)(H,67,68)(H,69,70)(H4,50,51,52)/b18-17+,27-23+/t28-,29-,30+,33-,34-,35+,36-,37+,38-/m0/s1. The van der Waals surface area contributed by atoms with Gasteiger partial charge < -0.3 is 68.7 Å². The molecule has 0 radical (unpaired) electrons. The Hall–Kier alpha value is -7.14. The lowest BCUT2D eigenvalue weighted by molar-refractivity contribution is -0.145. The third-order valence-electron chi connectivity index (χ3n) is 11.2. The Morgan fingerprint density at radius 3 is 1.90 bits per heavy atom. The third kappa shape index (κ3) is 23.3. The number of aliphatic imine (C=N–C) groups is 1. The van der Waals surface area contributed by atoms with Crippen LogP contribution in [0.5, 0.6) is 0 Å². The van der Waals surface area contributed by atoms with E-state index in [1.165, 1.54) is 20.9 Å². The van der Waals surface area contributed by atoms with Crippen molar-refractivity contribution in [2.45, 2.75) is 129 Å². The molecule has 1 aromatic carbocycles. The van der Waals surface area contributed by atoms with Crippen LogP contribution in [0.2, 0.25) is 0 Å². The van der Waals surface area contributed by atoms with Gasteiger partial charge in [-0.3, -0.25) is 33.8 Å². The zero-order chi connectivity index (χ0) is 54.1. The Labute approximate surface area is 414 Å². The molecule has 0 unspecified atom stereocenters. The van der Waals surface area contributed by atoms with Crippen molar-refractivity contribution < 1.29 is 63.2 Å². The van der Waals surface area contributed by atoms with Crippen LogP contribution < -0.4 is 43.8 Å². The number of carbonyl (C=O) groups is 9. The summed E-state index contributed by atoms with van der Waals surface area (Å²) >= 11 is 0. The molecule has 9 atom stereocenters. The lowest BCUT2D eigenvalue weighted by Gasteiger charge is -2.25. The summed E-state index contributed by atoms with van der Waals surface area (Å²) in [7, 11) is 2.86. The first-order valence-corrected chi connectivity index (χ1v) is 23.1. The maximum Gasteiger partial charge on any atom is 0.326 e. The van der Waals surface area contributed by atoms with Crippen LogP contribution in [0.3, 0.4) is 0 Å². The Morgan fingerprint density at radius 2 is 1.35 bits per heavy atom. The average molecular weight is 999 g/mol. The molecule has 0 heterocycles. The molecule has 0 aliphatic heterocycles. The summed E-state index contributed by atoms with van der Waals surface area (Å²) in [6.07, 6.45) is 4.49. The third-order valence-corrected chi connectivity index (χ3v) is 11.2. The summed E-state index contributed by atoms with van der Waals surface area (Å²) in [6.45, 7) is 13.8. The molecule has 0 saturated carbocycles. The van der Waals surface area contributed by atoms with E-state index in [1.54, 1.807) is 33.1 Å². The van der Waals surface area contributed by atoms with E-state index in [4.69, 9.17) is 21.9 Å². The number of hydrogen-bond acceptors (Lipinski definition) is 12. The zero-order valence-corrected chi connectivity index (χ0v) is 41.8. The summed E-state index contributed by atoms with van der Waals surface area (Å²) in [5, 5.41) is 40.8. The molecule has 23 heteroatoms. The van der Waals surface area contributed by atoms with E-state index in [0.717, 1.165) is 16.0 Å². The number of ether oxygens (including phenoxy) is 1. The number of aliphatic carboxylic acids is 3. The second-order valence-electron chi connectivity index (χ2n) is 17.7. The van der Waals surface area contributed by atoms with Crippen molar-refractivity contribution >= 4 is 59.3 Å². The molecule has 1 aromatic rings. The summed E-state index contributed by atoms with van der Waals surface area (Å²) in [4.78, 5) is 119. The maximum absolute atomic E-state index is 13.3. The molecule has 0 aliphatic rings. The van der Waals surface area contributed by atoms with Crippen molar-refractivity contribution in [2.24, 2.45) is 39.9 Å². The minimum Gasteiger partial charge on any atom is -0.480 e. The molecule has 394 valence electrons. The molecular weight excluding hydrogens is 925 g/mol. The number of carbonyl (C=O) groups excluding carboxylic acids is 6. The van der Waals surface area contributed by atoms with E-state index < -0.39 is 114 Å². The van der Waals surface area contributed by atoms with Crippen molar-refractivity contribution in [3.05, 3.63) is 72.0 Å². The number of carboxylic acid groups (broad SMARTS) is 3. The summed E-state index contributed by atoms with van der Waals surface area (Å²) in [5.41, 5.74) is 18.4. The van der Waals surface area contributed by atoms with Crippen molar-refractivity contribution in [1.82, 2.24) is 31.5 Å². The number of rotatable bonds is 32. The van der Waals surface area contributed by atoms with Gasteiger partial charge in [0.05, 0.1) is 18.4 Å². The van der Waals surface area contributed by atoms with Crippen LogP contribution in [-0.4, -0.2) is 143 Å². The second kappa shape index (κ2) is 31.2. The molecule has 0 aromatic heterocycles. The minimum absolute atomic E-state index is 0.0128. The fourth-order valence-corrected chi connectivity index (χ4v) is 6.83. The highest BCUT2D eigenvalue weighted by Gasteiger charge is 2.32. The Morgan fingerprint density at radius 1 is 0.789 bits per heavy atom. The molecule has 0 fully saturated rings. The van der Waals surface area contributed by atoms with Gasteiger partial charge in [-0.05, 0) is 57.4 Å². The minimum atomic E-state index is -1.83. The lowest BCUT2D eigenvalue weighted by Crippen LogP contribution is -2.56. The quantitative estimate of drug-likeness (QED) is 0.0152. The molecular formula is C48H74N10O13. The van der Waals surface area contributed by atoms with Gasteiger partial charge in [0.2, 0.25) is 29.5 Å². The van der Waals surface area contributed by atoms with Crippen LogP contribution in [-0.2, 0) is 54.3 Å². The van der Waals surface area contributed by atoms with Crippen molar-refractivity contribution in [2.75, 3.05) is 20.7 Å². The van der Waals surface area contributed by atoms with Crippen LogP contribution in [0, 0.1) is 17.8 Å². The highest BCUT2D eigenvalue weighted by atomic mass is 16.5. The van der Waals surface area contributed by atoms with Gasteiger partial charge in [-0.1, -0.05) is 88.4 Å². The topological polar surface area (TPSA) is 377 Å². The van der Waals surface area contributed by atoms with Crippen LogP contribution in [0.15, 0.2) is 71.4 Å². The number of guanidine groups is 1. The summed E-state index contributed by atoms with van der Waals surface area (Å²) in [6, 6.07) is 1.71. The van der Waals surface area contributed by atoms with Gasteiger partial charge in [-0.15, -0.1) is 0 Å². The first-order valence-electron chi connectivity index (χ1n) is 23.1. The van der Waals surface area contributed by atoms with Gasteiger partial charge in [0.1, 0.15) is 35.9 Å². The lowest BCUT2D eigenvalue weighted by atomic mass is 9.95.